The lowest BCUT2D eigenvalue weighted by atomic mass is 10.3. The third kappa shape index (κ3) is 2.99. The quantitative estimate of drug-likeness (QED) is 0.824. The molecular weight excluding hydrogens is 266 g/mol. The lowest BCUT2D eigenvalue weighted by Gasteiger charge is -2.04. The summed E-state index contributed by atoms with van der Waals surface area (Å²) < 4.78 is 13.5. The van der Waals surface area contributed by atoms with E-state index in [-0.39, 0.29) is 0 Å². The molecule has 0 aliphatic rings. The maximum atomic E-state index is 11.3. The normalized spacial score (nSPS) is 13.3. The zero-order valence-electron chi connectivity index (χ0n) is 11.0. The van der Waals surface area contributed by atoms with Crippen molar-refractivity contribution in [1.29, 1.82) is 0 Å². The summed E-state index contributed by atoms with van der Waals surface area (Å²) in [6, 6.07) is 0. The highest BCUT2D eigenvalue weighted by molar-refractivity contribution is 7.84. The second kappa shape index (κ2) is 5.95. The van der Waals surface area contributed by atoms with Crippen LogP contribution in [0.15, 0.2) is 6.20 Å². The van der Waals surface area contributed by atoms with Crippen molar-refractivity contribution in [2.75, 3.05) is 18.1 Å². The van der Waals surface area contributed by atoms with Gasteiger partial charge in [-0.3, -0.25) is 8.61 Å². The number of nitrogens with zero attached hydrogens (tertiary/aromatic N) is 2. The molecule has 2 rings (SSSR count). The van der Waals surface area contributed by atoms with E-state index >= 15 is 0 Å². The fraction of sp³-hybridized carbons (Fsp3) is 0.583. The number of aryl methyl sites for hydroxylation is 2. The summed E-state index contributed by atoms with van der Waals surface area (Å²) in [5, 5.41) is 3.35. The van der Waals surface area contributed by atoms with Gasteiger partial charge in [-0.15, -0.1) is 11.3 Å². The summed E-state index contributed by atoms with van der Waals surface area (Å²) >= 11 is 1.71. The van der Waals surface area contributed by atoms with Gasteiger partial charge in [0.2, 0.25) is 0 Å². The van der Waals surface area contributed by atoms with Crippen LogP contribution in [0.4, 0.5) is 0 Å². The first-order chi connectivity index (χ1) is 8.61. The van der Waals surface area contributed by atoms with E-state index in [9.17, 15) is 4.21 Å². The molecule has 100 valence electrons. The van der Waals surface area contributed by atoms with Crippen LogP contribution in [0.5, 0.6) is 0 Å². The van der Waals surface area contributed by atoms with Crippen LogP contribution in [-0.4, -0.2) is 31.6 Å². The van der Waals surface area contributed by atoms with Gasteiger partial charge in [-0.05, 0) is 13.8 Å². The molecule has 0 aliphatic carbocycles. The molecule has 1 N–H and O–H groups in total. The van der Waals surface area contributed by atoms with Gasteiger partial charge in [-0.2, -0.15) is 0 Å². The molecule has 0 bridgehead atoms. The first-order valence-corrected chi connectivity index (χ1v) is 8.42. The van der Waals surface area contributed by atoms with E-state index in [0.717, 1.165) is 35.3 Å². The van der Waals surface area contributed by atoms with Crippen molar-refractivity contribution >= 4 is 27.1 Å². The Balaban J connectivity index is 1.98. The van der Waals surface area contributed by atoms with Crippen LogP contribution in [0, 0.1) is 13.8 Å². The Morgan fingerprint density at radius 3 is 3.00 bits per heavy atom. The van der Waals surface area contributed by atoms with E-state index in [1.807, 2.05) is 13.8 Å². The van der Waals surface area contributed by atoms with Gasteiger partial charge < -0.3 is 5.32 Å². The highest BCUT2D eigenvalue weighted by Gasteiger charge is 2.10. The fourth-order valence-corrected chi connectivity index (χ4v) is 3.41. The van der Waals surface area contributed by atoms with Gasteiger partial charge in [0.25, 0.3) is 0 Å². The van der Waals surface area contributed by atoms with Crippen LogP contribution in [-0.2, 0) is 17.3 Å². The Kier molecular flexibility index (Phi) is 4.53. The van der Waals surface area contributed by atoms with Crippen LogP contribution in [0.2, 0.25) is 0 Å². The second-order valence-electron chi connectivity index (χ2n) is 4.25. The summed E-state index contributed by atoms with van der Waals surface area (Å²) in [5.41, 5.74) is 2.28. The minimum atomic E-state index is -0.686. The number of thiazole rings is 1. The van der Waals surface area contributed by atoms with Gasteiger partial charge in [0.15, 0.2) is 4.96 Å². The number of fused-ring (bicyclic) bond motifs is 1. The Morgan fingerprint density at radius 2 is 2.28 bits per heavy atom. The average molecular weight is 285 g/mol. The Hall–Kier alpha value is -0.720. The zero-order chi connectivity index (χ0) is 13.1. The van der Waals surface area contributed by atoms with Crippen LogP contribution < -0.4 is 5.32 Å². The molecule has 0 aromatic carbocycles. The van der Waals surface area contributed by atoms with Gasteiger partial charge in [-0.25, -0.2) is 4.98 Å². The van der Waals surface area contributed by atoms with E-state index in [1.54, 1.807) is 11.3 Å². The molecule has 0 aliphatic heterocycles. The van der Waals surface area contributed by atoms with Crippen molar-refractivity contribution in [2.45, 2.75) is 27.3 Å². The first-order valence-electron chi connectivity index (χ1n) is 6.11. The average Bonchev–Trinajstić information content (AvgIpc) is 2.81. The zero-order valence-corrected chi connectivity index (χ0v) is 12.7. The predicted molar refractivity (Wildman–Crippen MR) is 77.8 cm³/mol. The van der Waals surface area contributed by atoms with Crippen LogP contribution in [0.1, 0.15) is 23.2 Å². The maximum absolute atomic E-state index is 11.3. The molecule has 6 heteroatoms. The van der Waals surface area contributed by atoms with Gasteiger partial charge in [0.1, 0.15) is 0 Å². The number of nitrogens with one attached hydrogen (secondary N) is 1. The van der Waals surface area contributed by atoms with Gasteiger partial charge in [0.05, 0.1) is 11.4 Å². The van der Waals surface area contributed by atoms with E-state index in [2.05, 4.69) is 27.8 Å². The standard InChI is InChI=1S/C12H19N3OS2/c1-4-18(16)6-5-13-7-11-10(3)14-12-15(11)8-9(2)17-12/h8,13H,4-7H2,1-3H3. The molecule has 0 fully saturated rings. The van der Waals surface area contributed by atoms with Crippen molar-refractivity contribution in [3.8, 4) is 0 Å². The molecule has 0 spiro atoms. The summed E-state index contributed by atoms with van der Waals surface area (Å²) in [4.78, 5) is 6.87. The molecule has 1 unspecified atom stereocenters. The lowest BCUT2D eigenvalue weighted by Crippen LogP contribution is -2.21. The van der Waals surface area contributed by atoms with Gasteiger partial charge in [-0.1, -0.05) is 6.92 Å². The Morgan fingerprint density at radius 1 is 1.50 bits per heavy atom. The molecule has 4 nitrogen and oxygen atoms in total. The van der Waals surface area contributed by atoms with Crippen molar-refractivity contribution in [2.24, 2.45) is 0 Å². The summed E-state index contributed by atoms with van der Waals surface area (Å²) in [6.07, 6.45) is 2.13. The summed E-state index contributed by atoms with van der Waals surface area (Å²) in [5.74, 6) is 1.46. The third-order valence-corrected chi connectivity index (χ3v) is 5.06. The maximum Gasteiger partial charge on any atom is 0.194 e. The molecule has 0 radical (unpaired) electrons. The third-order valence-electron chi connectivity index (χ3n) is 2.86. The minimum Gasteiger partial charge on any atom is -0.310 e. The van der Waals surface area contributed by atoms with E-state index in [0.29, 0.717) is 0 Å². The number of imidazole rings is 1. The number of hydrogen-bond donors (Lipinski definition) is 1. The van der Waals surface area contributed by atoms with Crippen LogP contribution >= 0.6 is 11.3 Å². The van der Waals surface area contributed by atoms with Crippen molar-refractivity contribution in [3.05, 3.63) is 22.5 Å². The number of rotatable bonds is 6. The highest BCUT2D eigenvalue weighted by atomic mass is 32.2. The summed E-state index contributed by atoms with van der Waals surface area (Å²) in [6.45, 7) is 7.65. The van der Waals surface area contributed by atoms with E-state index in [4.69, 9.17) is 0 Å². The van der Waals surface area contributed by atoms with Crippen LogP contribution in [0.3, 0.4) is 0 Å². The molecular formula is C12H19N3OS2. The first kappa shape index (κ1) is 13.7. The topological polar surface area (TPSA) is 46.4 Å². The van der Waals surface area contributed by atoms with Crippen molar-refractivity contribution in [1.82, 2.24) is 14.7 Å². The monoisotopic (exact) mass is 285 g/mol. The minimum absolute atomic E-state index is 0.686. The van der Waals surface area contributed by atoms with Gasteiger partial charge >= 0.3 is 0 Å². The molecule has 2 heterocycles. The molecule has 1 atom stereocenters. The molecule has 0 saturated carbocycles. The van der Waals surface area contributed by atoms with E-state index in [1.165, 1.54) is 10.6 Å². The SMILES string of the molecule is CCS(=O)CCNCc1c(C)nc2sc(C)cn12. The van der Waals surface area contributed by atoms with Gasteiger partial charge in [0, 0.05) is 46.5 Å². The highest BCUT2D eigenvalue weighted by Crippen LogP contribution is 2.20. The number of hydrogen-bond acceptors (Lipinski definition) is 4. The fourth-order valence-electron chi connectivity index (χ4n) is 1.86. The largest absolute Gasteiger partial charge is 0.310 e. The molecule has 2 aromatic rings. The molecule has 18 heavy (non-hydrogen) atoms. The molecule has 0 amide bonds. The second-order valence-corrected chi connectivity index (χ2v) is 7.33. The predicted octanol–water partition coefficient (Wildman–Crippen LogP) is 1.87. The smallest absolute Gasteiger partial charge is 0.194 e. The Labute approximate surface area is 114 Å². The van der Waals surface area contributed by atoms with Crippen LogP contribution in [0.25, 0.3) is 4.96 Å². The van der Waals surface area contributed by atoms with Crippen molar-refractivity contribution in [3.63, 3.8) is 0 Å². The van der Waals surface area contributed by atoms with E-state index < -0.39 is 10.8 Å². The lowest BCUT2D eigenvalue weighted by molar-refractivity contribution is 0.669. The number of aromatic nitrogens is 2. The molecule has 2 aromatic heterocycles. The van der Waals surface area contributed by atoms with Crippen molar-refractivity contribution < 1.29 is 4.21 Å². The Bertz CT molecular complexity index is 559. The molecule has 0 saturated heterocycles. The summed E-state index contributed by atoms with van der Waals surface area (Å²) in [7, 11) is -0.686.